The van der Waals surface area contributed by atoms with E-state index in [-0.39, 0.29) is 3.91 Å². The molecule has 0 bridgehead atoms. The molecule has 5 heteroatoms. The Morgan fingerprint density at radius 1 is 1.33 bits per heavy atom. The second-order valence-electron chi connectivity index (χ2n) is 0.844. The van der Waals surface area contributed by atoms with Crippen molar-refractivity contribution >= 4 is 54.2 Å². The van der Waals surface area contributed by atoms with Gasteiger partial charge in [0.1, 0.15) is 8.14 Å². The molecule has 0 aromatic rings. The lowest BCUT2D eigenvalue weighted by Gasteiger charge is -2.08. The topological polar surface area (TPSA) is 0 Å². The van der Waals surface area contributed by atoms with Gasteiger partial charge in [-0.05, 0) is 0 Å². The Kier molecular flexibility index (Phi) is 3.19. The third-order valence-corrected chi connectivity index (χ3v) is 6.63. The van der Waals surface area contributed by atoms with Gasteiger partial charge in [-0.3, -0.25) is 0 Å². The fourth-order valence-electron chi connectivity index (χ4n) is 0. The minimum absolute atomic E-state index is 0.0972. The highest BCUT2D eigenvalue weighted by Crippen LogP contribution is 2.06. The molecule has 0 unspecified atom stereocenters. The van der Waals surface area contributed by atoms with Gasteiger partial charge in [-0.1, -0.05) is 3.91 Å². The maximum atomic E-state index is 3.32. The Morgan fingerprint density at radius 2 is 1.50 bits per heavy atom. The first-order chi connectivity index (χ1) is 2.56. The van der Waals surface area contributed by atoms with E-state index < -0.39 is 0 Å². The van der Waals surface area contributed by atoms with Crippen LogP contribution in [0.2, 0.25) is 3.91 Å². The molecule has 6 heavy (non-hydrogen) atoms. The molecule has 27 valence electrons. The molecule has 0 rings (SSSR count). The van der Waals surface area contributed by atoms with E-state index in [1.807, 2.05) is 0 Å². The van der Waals surface area contributed by atoms with Gasteiger partial charge in [-0.2, -0.15) is 0 Å². The van der Waals surface area contributed by atoms with Crippen LogP contribution in [-0.2, 0) is 0 Å². The predicted octanol–water partition coefficient (Wildman–Crippen LogP) is -0.463. The highest BCUT2D eigenvalue weighted by molar-refractivity contribution is 9.23. The van der Waals surface area contributed by atoms with E-state index in [2.05, 4.69) is 46.0 Å². The molecule has 0 aliphatic carbocycles. The van der Waals surface area contributed by atoms with Crippen LogP contribution >= 0.6 is 15.3 Å². The first kappa shape index (κ1) is 7.35. The zero-order valence-corrected chi connectivity index (χ0v) is 8.46. The molecular formula is CBrSi4. The molecule has 0 aliphatic heterocycles. The Labute approximate surface area is 58.1 Å². The third kappa shape index (κ3) is 5.35. The predicted molar refractivity (Wildman–Crippen MR) is 34.6 cm³/mol. The van der Waals surface area contributed by atoms with Crippen molar-refractivity contribution in [3.63, 3.8) is 0 Å². The van der Waals surface area contributed by atoms with Crippen molar-refractivity contribution in [2.24, 2.45) is 0 Å². The average molecular weight is 204 g/mol. The zero-order chi connectivity index (χ0) is 5.21. The SMILES string of the molecule is [Si]C([Si])([Si])[Si]Br. The molecule has 11 radical (unpaired) electrons. The van der Waals surface area contributed by atoms with E-state index in [4.69, 9.17) is 0 Å². The largest absolute Gasteiger partial charge is 0.133 e. The Morgan fingerprint density at radius 3 is 1.50 bits per heavy atom. The van der Waals surface area contributed by atoms with Crippen molar-refractivity contribution in [3.05, 3.63) is 0 Å². The molecule has 0 atom stereocenters. The highest BCUT2D eigenvalue weighted by atomic mass is 79.9. The molecule has 0 saturated carbocycles. The van der Waals surface area contributed by atoms with Gasteiger partial charge in [0.2, 0.25) is 0 Å². The van der Waals surface area contributed by atoms with Gasteiger partial charge in [0.25, 0.3) is 0 Å². The summed E-state index contributed by atoms with van der Waals surface area (Å²) in [5.41, 5.74) is 0. The monoisotopic (exact) mass is 203 g/mol. The van der Waals surface area contributed by atoms with Gasteiger partial charge in [-0.15, -0.1) is 15.3 Å². The van der Waals surface area contributed by atoms with Crippen LogP contribution in [0.25, 0.3) is 0 Å². The second-order valence-corrected chi connectivity index (χ2v) is 8.22. The molecule has 0 spiro atoms. The van der Waals surface area contributed by atoms with Gasteiger partial charge >= 0.3 is 0 Å². The third-order valence-electron chi connectivity index (χ3n) is 0.142. The summed E-state index contributed by atoms with van der Waals surface area (Å²) in [6.07, 6.45) is 0. The van der Waals surface area contributed by atoms with E-state index in [0.717, 1.165) is 0 Å². The maximum Gasteiger partial charge on any atom is 0.133 e. The molecule has 0 amide bonds. The Hall–Kier alpha value is 1.35. The quantitative estimate of drug-likeness (QED) is 0.400. The van der Waals surface area contributed by atoms with Crippen molar-refractivity contribution in [1.82, 2.24) is 0 Å². The van der Waals surface area contributed by atoms with Crippen LogP contribution in [0.3, 0.4) is 0 Å². The van der Waals surface area contributed by atoms with Crippen LogP contribution in [0, 0.1) is 0 Å². The van der Waals surface area contributed by atoms with E-state index in [9.17, 15) is 0 Å². The summed E-state index contributed by atoms with van der Waals surface area (Å²) in [4.78, 5) is 0. The van der Waals surface area contributed by atoms with Gasteiger partial charge in [0.05, 0.1) is 0 Å². The van der Waals surface area contributed by atoms with Gasteiger partial charge in [-0.25, -0.2) is 0 Å². The molecule has 0 fully saturated rings. The highest BCUT2D eigenvalue weighted by Gasteiger charge is 2.08. The van der Waals surface area contributed by atoms with Gasteiger partial charge in [0.15, 0.2) is 0 Å². The molecule has 0 heterocycles. The summed E-state index contributed by atoms with van der Waals surface area (Å²) < 4.78 is -0.0972. The van der Waals surface area contributed by atoms with Gasteiger partial charge < -0.3 is 0 Å². The lowest BCUT2D eigenvalue weighted by atomic mass is 11.8. The molecule has 0 aromatic carbocycles. The lowest BCUT2D eigenvalue weighted by Crippen LogP contribution is -2.16. The summed E-state index contributed by atoms with van der Waals surface area (Å²) in [7, 11) is 10.6. The minimum atomic E-state index is -0.0972. The fourth-order valence-corrected chi connectivity index (χ4v) is 0. The minimum Gasteiger partial charge on any atom is -0.132 e. The maximum absolute atomic E-state index is 3.32. The molecule has 0 aromatic heterocycles. The first-order valence-corrected chi connectivity index (χ1v) is 5.95. The number of halogens is 1. The molecule has 0 nitrogen and oxygen atoms in total. The fraction of sp³-hybridized carbons (Fsp3) is 1.00. The van der Waals surface area contributed by atoms with E-state index in [1.165, 1.54) is 0 Å². The Balaban J connectivity index is 3.17. The summed E-state index contributed by atoms with van der Waals surface area (Å²) in [6, 6.07) is 0. The van der Waals surface area contributed by atoms with E-state index in [1.54, 1.807) is 0 Å². The first-order valence-electron chi connectivity index (χ1n) is 1.19. The van der Waals surface area contributed by atoms with Crippen molar-refractivity contribution in [3.8, 4) is 0 Å². The van der Waals surface area contributed by atoms with Gasteiger partial charge in [0, 0.05) is 30.7 Å². The summed E-state index contributed by atoms with van der Waals surface area (Å²) in [6.45, 7) is 0. The normalized spacial score (nSPS) is 12.0. The van der Waals surface area contributed by atoms with Crippen molar-refractivity contribution in [2.45, 2.75) is 3.91 Å². The van der Waals surface area contributed by atoms with Crippen molar-refractivity contribution < 1.29 is 0 Å². The summed E-state index contributed by atoms with van der Waals surface area (Å²) in [5.74, 6) is 0. The number of rotatable bonds is 1. The van der Waals surface area contributed by atoms with Crippen LogP contribution in [-0.4, -0.2) is 38.9 Å². The molecule has 0 aliphatic rings. The van der Waals surface area contributed by atoms with Crippen molar-refractivity contribution in [2.75, 3.05) is 0 Å². The smallest absolute Gasteiger partial charge is 0.132 e. The molecular weight excluding hydrogens is 204 g/mol. The number of hydrogen-bond donors (Lipinski definition) is 0. The van der Waals surface area contributed by atoms with E-state index >= 15 is 0 Å². The zero-order valence-electron chi connectivity index (χ0n) is 2.88. The van der Waals surface area contributed by atoms with Crippen LogP contribution in [0.1, 0.15) is 0 Å². The van der Waals surface area contributed by atoms with E-state index in [0.29, 0.717) is 8.14 Å². The van der Waals surface area contributed by atoms with Crippen LogP contribution in [0.4, 0.5) is 0 Å². The van der Waals surface area contributed by atoms with Crippen molar-refractivity contribution in [1.29, 1.82) is 0 Å². The number of hydrogen-bond acceptors (Lipinski definition) is 0. The average Bonchev–Trinajstić information content (AvgIpc) is 1.35. The molecule has 0 saturated heterocycles. The Bertz CT molecular complexity index is 37.3. The van der Waals surface area contributed by atoms with Crippen LogP contribution in [0.15, 0.2) is 0 Å². The molecule has 0 N–H and O–H groups in total. The lowest BCUT2D eigenvalue weighted by molar-refractivity contribution is 1.70. The summed E-state index contributed by atoms with van der Waals surface area (Å²) >= 11 is 3.25. The summed E-state index contributed by atoms with van der Waals surface area (Å²) in [5, 5.41) is 0. The van der Waals surface area contributed by atoms with Crippen LogP contribution < -0.4 is 0 Å². The van der Waals surface area contributed by atoms with Crippen LogP contribution in [0.5, 0.6) is 0 Å². The second kappa shape index (κ2) is 2.60. The standard InChI is InChI=1S/CBrSi4/c2-6-1(3,4)5.